The van der Waals surface area contributed by atoms with Crippen LogP contribution in [0.2, 0.25) is 10.0 Å². The lowest BCUT2D eigenvalue weighted by molar-refractivity contribution is -0.141. The first kappa shape index (κ1) is 27.0. The molecular weight excluding hydrogens is 537 g/mol. The van der Waals surface area contributed by atoms with Gasteiger partial charge < -0.3 is 21.1 Å². The third-order valence-corrected chi connectivity index (χ3v) is 8.27. The number of urea groups is 1. The Labute approximate surface area is 236 Å². The molecule has 3 aromatic rings. The molecule has 2 amide bonds. The number of carboxylic acids is 1. The number of halogens is 2. The van der Waals surface area contributed by atoms with Gasteiger partial charge in [-0.3, -0.25) is 9.59 Å². The predicted molar refractivity (Wildman–Crippen MR) is 152 cm³/mol. The quantitative estimate of drug-likeness (QED) is 0.226. The van der Waals surface area contributed by atoms with Crippen molar-refractivity contribution in [2.24, 2.45) is 5.92 Å². The number of ketones is 1. The lowest BCUT2D eigenvalue weighted by Crippen LogP contribution is -2.41. The van der Waals surface area contributed by atoms with Crippen LogP contribution in [0.1, 0.15) is 64.0 Å². The predicted octanol–water partition coefficient (Wildman–Crippen LogP) is 6.35. The van der Waals surface area contributed by atoms with Crippen LogP contribution in [0.25, 0.3) is 0 Å². The molecule has 202 valence electrons. The lowest BCUT2D eigenvalue weighted by Gasteiger charge is -2.20. The molecule has 4 N–H and O–H groups in total. The van der Waals surface area contributed by atoms with Gasteiger partial charge in [-0.15, -0.1) is 0 Å². The van der Waals surface area contributed by atoms with Crippen LogP contribution >= 0.6 is 23.2 Å². The molecule has 3 unspecified atom stereocenters. The molecular formula is C30H29Cl2N3O4. The van der Waals surface area contributed by atoms with E-state index in [0.717, 1.165) is 31.2 Å². The molecule has 3 atom stereocenters. The first-order valence-corrected chi connectivity index (χ1v) is 13.8. The van der Waals surface area contributed by atoms with Crippen LogP contribution in [0.4, 0.5) is 10.5 Å². The molecule has 3 aromatic carbocycles. The number of aryl methyl sites for hydroxylation is 2. The monoisotopic (exact) mass is 565 g/mol. The van der Waals surface area contributed by atoms with E-state index in [-0.39, 0.29) is 40.7 Å². The standard InChI is InChI=1S/C30H29Cl2N3O4/c31-22-11-14-25(34-23-12-9-17-5-1-3-7-20(17)23)28(32)27(22)26(36)15-19(29(37)38)16-33-30(39)35-24-13-10-18-6-2-4-8-21(18)24/h1-8,11,14,19,23-24,34H,9-10,12-13,15-16H2,(H,37,38)(H2,33,35,39). The van der Waals surface area contributed by atoms with E-state index in [4.69, 9.17) is 23.2 Å². The van der Waals surface area contributed by atoms with Gasteiger partial charge in [-0.2, -0.15) is 0 Å². The molecule has 9 heteroatoms. The fourth-order valence-electron chi connectivity index (χ4n) is 5.52. The zero-order valence-electron chi connectivity index (χ0n) is 21.2. The first-order valence-electron chi connectivity index (χ1n) is 13.0. The molecule has 0 heterocycles. The zero-order valence-corrected chi connectivity index (χ0v) is 22.7. The van der Waals surface area contributed by atoms with Gasteiger partial charge in [0.1, 0.15) is 0 Å². The number of amides is 2. The smallest absolute Gasteiger partial charge is 0.315 e. The number of aliphatic carboxylic acids is 1. The second-order valence-corrected chi connectivity index (χ2v) is 10.8. The minimum Gasteiger partial charge on any atom is -0.481 e. The molecule has 7 nitrogen and oxygen atoms in total. The zero-order chi connectivity index (χ0) is 27.5. The van der Waals surface area contributed by atoms with Gasteiger partial charge in [0.05, 0.1) is 39.3 Å². The number of carbonyl (C=O) groups excluding carboxylic acids is 2. The summed E-state index contributed by atoms with van der Waals surface area (Å²) >= 11 is 13.0. The summed E-state index contributed by atoms with van der Waals surface area (Å²) in [6, 6.07) is 18.8. The van der Waals surface area contributed by atoms with Gasteiger partial charge in [-0.25, -0.2) is 4.79 Å². The number of benzene rings is 3. The van der Waals surface area contributed by atoms with Crippen molar-refractivity contribution in [1.82, 2.24) is 10.6 Å². The van der Waals surface area contributed by atoms with Crippen molar-refractivity contribution in [1.29, 1.82) is 0 Å². The van der Waals surface area contributed by atoms with Crippen molar-refractivity contribution in [3.05, 3.63) is 98.5 Å². The van der Waals surface area contributed by atoms with Gasteiger partial charge in [-0.05, 0) is 60.1 Å². The molecule has 5 rings (SSSR count). The van der Waals surface area contributed by atoms with E-state index in [1.54, 1.807) is 12.1 Å². The van der Waals surface area contributed by atoms with Crippen molar-refractivity contribution < 1.29 is 19.5 Å². The second-order valence-electron chi connectivity index (χ2n) is 10.0. The minimum absolute atomic E-state index is 0.0455. The highest BCUT2D eigenvalue weighted by molar-refractivity contribution is 6.41. The van der Waals surface area contributed by atoms with Gasteiger partial charge >= 0.3 is 12.0 Å². The summed E-state index contributed by atoms with van der Waals surface area (Å²) in [5.74, 6) is -2.84. The number of carbonyl (C=O) groups is 3. The molecule has 0 saturated heterocycles. The lowest BCUT2D eigenvalue weighted by atomic mass is 9.97. The van der Waals surface area contributed by atoms with E-state index in [1.807, 2.05) is 36.4 Å². The molecule has 0 bridgehead atoms. The highest BCUT2D eigenvalue weighted by Crippen LogP contribution is 2.39. The topological polar surface area (TPSA) is 108 Å². The van der Waals surface area contributed by atoms with E-state index in [0.29, 0.717) is 5.69 Å². The number of anilines is 1. The van der Waals surface area contributed by atoms with Crippen LogP contribution < -0.4 is 16.0 Å². The van der Waals surface area contributed by atoms with Gasteiger partial charge in [-0.1, -0.05) is 71.7 Å². The van der Waals surface area contributed by atoms with Gasteiger partial charge in [0, 0.05) is 13.0 Å². The second kappa shape index (κ2) is 11.7. The van der Waals surface area contributed by atoms with Crippen LogP contribution in [0, 0.1) is 5.92 Å². The molecule has 0 fully saturated rings. The van der Waals surface area contributed by atoms with E-state index < -0.39 is 23.7 Å². The van der Waals surface area contributed by atoms with Gasteiger partial charge in [0.25, 0.3) is 0 Å². The Balaban J connectivity index is 1.23. The highest BCUT2D eigenvalue weighted by atomic mass is 35.5. The Bertz CT molecular complexity index is 1430. The maximum atomic E-state index is 13.3. The summed E-state index contributed by atoms with van der Waals surface area (Å²) in [6.07, 6.45) is 3.12. The summed E-state index contributed by atoms with van der Waals surface area (Å²) in [7, 11) is 0. The normalized spacial score (nSPS) is 18.1. The Kier molecular flexibility index (Phi) is 8.10. The number of hydrogen-bond acceptors (Lipinski definition) is 4. The minimum atomic E-state index is -1.20. The Morgan fingerprint density at radius 1 is 0.872 bits per heavy atom. The highest BCUT2D eigenvalue weighted by Gasteiger charge is 2.29. The molecule has 0 aromatic heterocycles. The molecule has 0 saturated carbocycles. The maximum absolute atomic E-state index is 13.3. The van der Waals surface area contributed by atoms with Crippen LogP contribution in [-0.2, 0) is 17.6 Å². The number of rotatable bonds is 9. The largest absolute Gasteiger partial charge is 0.481 e. The number of nitrogens with one attached hydrogen (secondary N) is 3. The SMILES string of the molecule is O=C(NCC(CC(=O)c1c(Cl)ccc(NC2CCc3ccccc32)c1Cl)C(=O)O)NC1CCc2ccccc21. The summed E-state index contributed by atoms with van der Waals surface area (Å²) < 4.78 is 0. The molecule has 0 spiro atoms. The summed E-state index contributed by atoms with van der Waals surface area (Å²) in [6.45, 7) is -0.215. The maximum Gasteiger partial charge on any atom is 0.315 e. The van der Waals surface area contributed by atoms with Crippen molar-refractivity contribution in [2.45, 2.75) is 44.2 Å². The van der Waals surface area contributed by atoms with Crippen LogP contribution in [0.5, 0.6) is 0 Å². The molecule has 39 heavy (non-hydrogen) atoms. The molecule has 0 radical (unpaired) electrons. The van der Waals surface area contributed by atoms with Crippen LogP contribution in [0.3, 0.4) is 0 Å². The fraction of sp³-hybridized carbons (Fsp3) is 0.300. The molecule has 2 aliphatic rings. The number of fused-ring (bicyclic) bond motifs is 2. The van der Waals surface area contributed by atoms with E-state index in [2.05, 4.69) is 28.1 Å². The third-order valence-electron chi connectivity index (χ3n) is 7.56. The number of hydrogen-bond donors (Lipinski definition) is 4. The fourth-order valence-corrected chi connectivity index (χ4v) is 6.16. The molecule has 0 aliphatic heterocycles. The van der Waals surface area contributed by atoms with Crippen molar-refractivity contribution in [3.8, 4) is 0 Å². The third kappa shape index (κ3) is 5.89. The number of Topliss-reactive ketones (excluding diaryl/α,β-unsaturated/α-hetero) is 1. The van der Waals surface area contributed by atoms with E-state index in [9.17, 15) is 19.5 Å². The Morgan fingerprint density at radius 2 is 1.49 bits per heavy atom. The number of carboxylic acid groups (broad SMARTS) is 1. The van der Waals surface area contributed by atoms with Crippen molar-refractivity contribution >= 4 is 46.7 Å². The first-order chi connectivity index (χ1) is 18.8. The summed E-state index contributed by atoms with van der Waals surface area (Å²) in [5, 5.41) is 19.0. The Hall–Kier alpha value is -3.55. The molecule has 2 aliphatic carbocycles. The van der Waals surface area contributed by atoms with Crippen molar-refractivity contribution in [3.63, 3.8) is 0 Å². The summed E-state index contributed by atoms with van der Waals surface area (Å²) in [4.78, 5) is 37.8. The average molecular weight is 566 g/mol. The van der Waals surface area contributed by atoms with Crippen LogP contribution in [-0.4, -0.2) is 29.4 Å². The average Bonchev–Trinajstić information content (AvgIpc) is 3.52. The van der Waals surface area contributed by atoms with Crippen molar-refractivity contribution in [2.75, 3.05) is 11.9 Å². The Morgan fingerprint density at radius 3 is 2.15 bits per heavy atom. The van der Waals surface area contributed by atoms with Gasteiger partial charge in [0.2, 0.25) is 0 Å². The summed E-state index contributed by atoms with van der Waals surface area (Å²) in [5.41, 5.74) is 5.36. The van der Waals surface area contributed by atoms with Gasteiger partial charge in [0.15, 0.2) is 5.78 Å². The van der Waals surface area contributed by atoms with E-state index in [1.165, 1.54) is 16.7 Å². The van der Waals surface area contributed by atoms with E-state index >= 15 is 0 Å². The van der Waals surface area contributed by atoms with Crippen LogP contribution in [0.15, 0.2) is 60.7 Å².